The molecule has 112 valence electrons. The molecule has 3 rings (SSSR count). The predicted octanol–water partition coefficient (Wildman–Crippen LogP) is 4.43. The number of hydrogen-bond donors (Lipinski definition) is 1. The summed E-state index contributed by atoms with van der Waals surface area (Å²) in [4.78, 5) is 0.122. The van der Waals surface area contributed by atoms with E-state index in [4.69, 9.17) is 11.6 Å². The zero-order chi connectivity index (χ0) is 15.7. The maximum absolute atomic E-state index is 12.9. The van der Waals surface area contributed by atoms with E-state index in [-0.39, 0.29) is 4.90 Å². The van der Waals surface area contributed by atoms with Gasteiger partial charge in [0.15, 0.2) is 0 Å². The fraction of sp³-hybridized carbons (Fsp3) is 0. The molecule has 0 aliphatic heterocycles. The van der Waals surface area contributed by atoms with E-state index >= 15 is 0 Å². The molecule has 3 aromatic carbocycles. The highest BCUT2D eigenvalue weighted by Gasteiger charge is 2.18. The number of benzene rings is 3. The van der Waals surface area contributed by atoms with Gasteiger partial charge in [-0.2, -0.15) is 0 Å². The number of halogens is 2. The number of nitrogens with one attached hydrogen (secondary N) is 1. The quantitative estimate of drug-likeness (QED) is 0.769. The van der Waals surface area contributed by atoms with Crippen molar-refractivity contribution in [2.45, 2.75) is 4.90 Å². The van der Waals surface area contributed by atoms with Crippen molar-refractivity contribution in [1.29, 1.82) is 0 Å². The summed E-state index contributed by atoms with van der Waals surface area (Å²) in [5.41, 5.74) is 0.292. The second-order valence-corrected chi connectivity index (χ2v) is 6.76. The van der Waals surface area contributed by atoms with Crippen molar-refractivity contribution >= 4 is 38.1 Å². The lowest BCUT2D eigenvalue weighted by Crippen LogP contribution is -2.13. The molecule has 1 N–H and O–H groups in total. The standard InChI is InChI=1S/C16H11ClFNO2S/c17-15-9-10-16(14-4-2-1-3-13(14)15)22(20,21)19-12-7-5-11(18)6-8-12/h1-10,19H. The van der Waals surface area contributed by atoms with Gasteiger partial charge in [-0.15, -0.1) is 0 Å². The van der Waals surface area contributed by atoms with Crippen LogP contribution in [0.4, 0.5) is 10.1 Å². The molecular formula is C16H11ClFNO2S. The van der Waals surface area contributed by atoms with Gasteiger partial charge in [0.2, 0.25) is 0 Å². The van der Waals surface area contributed by atoms with E-state index in [1.807, 2.05) is 0 Å². The summed E-state index contributed by atoms with van der Waals surface area (Å²) in [5.74, 6) is -0.431. The minimum atomic E-state index is -3.80. The first-order valence-corrected chi connectivity index (χ1v) is 8.29. The van der Waals surface area contributed by atoms with Gasteiger partial charge in [-0.05, 0) is 36.4 Å². The Morgan fingerprint density at radius 2 is 1.50 bits per heavy atom. The molecule has 6 heteroatoms. The molecule has 0 saturated carbocycles. The third-order valence-corrected chi connectivity index (χ3v) is 4.99. The molecule has 0 amide bonds. The van der Waals surface area contributed by atoms with Crippen molar-refractivity contribution in [3.63, 3.8) is 0 Å². The van der Waals surface area contributed by atoms with Crippen LogP contribution in [0.25, 0.3) is 10.8 Å². The van der Waals surface area contributed by atoms with Crippen LogP contribution in [0.15, 0.2) is 65.6 Å². The van der Waals surface area contributed by atoms with Gasteiger partial charge in [0, 0.05) is 21.5 Å². The Labute approximate surface area is 132 Å². The minimum Gasteiger partial charge on any atom is -0.280 e. The molecule has 0 unspecified atom stereocenters. The summed E-state index contributed by atoms with van der Waals surface area (Å²) in [6, 6.07) is 15.1. The van der Waals surface area contributed by atoms with Crippen LogP contribution in [0.1, 0.15) is 0 Å². The number of fused-ring (bicyclic) bond motifs is 1. The molecule has 0 spiro atoms. The van der Waals surface area contributed by atoms with Gasteiger partial charge >= 0.3 is 0 Å². The SMILES string of the molecule is O=S(=O)(Nc1ccc(F)cc1)c1ccc(Cl)c2ccccc12. The first-order valence-electron chi connectivity index (χ1n) is 6.43. The summed E-state index contributed by atoms with van der Waals surface area (Å²) in [6.45, 7) is 0. The number of rotatable bonds is 3. The highest BCUT2D eigenvalue weighted by atomic mass is 35.5. The minimum absolute atomic E-state index is 0.122. The highest BCUT2D eigenvalue weighted by Crippen LogP contribution is 2.30. The molecule has 0 aromatic heterocycles. The first kappa shape index (κ1) is 14.8. The molecule has 0 radical (unpaired) electrons. The Kier molecular flexibility index (Phi) is 3.76. The molecule has 3 nitrogen and oxygen atoms in total. The summed E-state index contributed by atoms with van der Waals surface area (Å²) in [6.07, 6.45) is 0. The molecule has 3 aromatic rings. The predicted molar refractivity (Wildman–Crippen MR) is 86.2 cm³/mol. The van der Waals surface area contributed by atoms with Crippen LogP contribution in [-0.2, 0) is 10.0 Å². The van der Waals surface area contributed by atoms with E-state index in [1.54, 1.807) is 30.3 Å². The summed E-state index contributed by atoms with van der Waals surface area (Å²) >= 11 is 6.10. The van der Waals surface area contributed by atoms with Crippen molar-refractivity contribution in [2.75, 3.05) is 4.72 Å². The van der Waals surface area contributed by atoms with Gasteiger partial charge in [-0.3, -0.25) is 4.72 Å². The zero-order valence-electron chi connectivity index (χ0n) is 11.3. The third kappa shape index (κ3) is 2.77. The molecule has 22 heavy (non-hydrogen) atoms. The van der Waals surface area contributed by atoms with Crippen molar-refractivity contribution in [3.05, 3.63) is 71.5 Å². The van der Waals surface area contributed by atoms with Crippen molar-refractivity contribution in [3.8, 4) is 0 Å². The summed E-state index contributed by atoms with van der Waals surface area (Å²) in [7, 11) is -3.80. The van der Waals surface area contributed by atoms with Crippen LogP contribution in [0.2, 0.25) is 5.02 Å². The topological polar surface area (TPSA) is 46.2 Å². The maximum Gasteiger partial charge on any atom is 0.262 e. The second kappa shape index (κ2) is 5.59. The fourth-order valence-corrected chi connectivity index (χ4v) is 3.70. The smallest absolute Gasteiger partial charge is 0.262 e. The van der Waals surface area contributed by atoms with Crippen LogP contribution >= 0.6 is 11.6 Å². The zero-order valence-corrected chi connectivity index (χ0v) is 12.8. The van der Waals surface area contributed by atoms with E-state index in [1.165, 1.54) is 30.3 Å². The van der Waals surface area contributed by atoms with Crippen molar-refractivity contribution < 1.29 is 12.8 Å². The molecular weight excluding hydrogens is 325 g/mol. The Hall–Kier alpha value is -2.11. The molecule has 0 bridgehead atoms. The Morgan fingerprint density at radius 3 is 2.18 bits per heavy atom. The van der Waals surface area contributed by atoms with Gasteiger partial charge in [0.05, 0.1) is 4.90 Å². The van der Waals surface area contributed by atoms with Crippen LogP contribution < -0.4 is 4.72 Å². The number of anilines is 1. The van der Waals surface area contributed by atoms with Gasteiger partial charge in [-0.25, -0.2) is 12.8 Å². The number of sulfonamides is 1. The summed E-state index contributed by atoms with van der Waals surface area (Å²) < 4.78 is 40.5. The second-order valence-electron chi connectivity index (χ2n) is 4.70. The molecule has 0 heterocycles. The lowest BCUT2D eigenvalue weighted by Gasteiger charge is -2.11. The Balaban J connectivity index is 2.10. The fourth-order valence-electron chi connectivity index (χ4n) is 2.20. The van der Waals surface area contributed by atoms with Crippen LogP contribution in [0.5, 0.6) is 0 Å². The van der Waals surface area contributed by atoms with E-state index in [0.717, 1.165) is 0 Å². The monoisotopic (exact) mass is 335 g/mol. The molecule has 0 aliphatic rings. The van der Waals surface area contributed by atoms with E-state index in [0.29, 0.717) is 21.5 Å². The van der Waals surface area contributed by atoms with Gasteiger partial charge < -0.3 is 0 Å². The third-order valence-electron chi connectivity index (χ3n) is 3.22. The largest absolute Gasteiger partial charge is 0.280 e. The lowest BCUT2D eigenvalue weighted by molar-refractivity contribution is 0.602. The Morgan fingerprint density at radius 1 is 0.864 bits per heavy atom. The number of hydrogen-bond acceptors (Lipinski definition) is 2. The Bertz CT molecular complexity index is 940. The summed E-state index contributed by atoms with van der Waals surface area (Å²) in [5, 5.41) is 1.67. The van der Waals surface area contributed by atoms with E-state index in [9.17, 15) is 12.8 Å². The van der Waals surface area contributed by atoms with Gasteiger partial charge in [-0.1, -0.05) is 35.9 Å². The van der Waals surface area contributed by atoms with Crippen LogP contribution in [0.3, 0.4) is 0 Å². The van der Waals surface area contributed by atoms with Crippen LogP contribution in [0, 0.1) is 5.82 Å². The highest BCUT2D eigenvalue weighted by molar-refractivity contribution is 7.93. The average molecular weight is 336 g/mol. The van der Waals surface area contributed by atoms with Crippen molar-refractivity contribution in [2.24, 2.45) is 0 Å². The van der Waals surface area contributed by atoms with Gasteiger partial charge in [0.25, 0.3) is 10.0 Å². The van der Waals surface area contributed by atoms with Crippen molar-refractivity contribution in [1.82, 2.24) is 0 Å². The first-order chi connectivity index (χ1) is 10.5. The lowest BCUT2D eigenvalue weighted by atomic mass is 10.1. The molecule has 0 atom stereocenters. The normalized spacial score (nSPS) is 11.5. The maximum atomic E-state index is 12.9. The van der Waals surface area contributed by atoms with Crippen LogP contribution in [-0.4, -0.2) is 8.42 Å². The average Bonchev–Trinajstić information content (AvgIpc) is 2.50. The molecule has 0 fully saturated rings. The van der Waals surface area contributed by atoms with E-state index in [2.05, 4.69) is 4.72 Å². The molecule has 0 aliphatic carbocycles. The van der Waals surface area contributed by atoms with E-state index < -0.39 is 15.8 Å². The van der Waals surface area contributed by atoms with Gasteiger partial charge in [0.1, 0.15) is 5.82 Å². The molecule has 0 saturated heterocycles.